The highest BCUT2D eigenvalue weighted by atomic mass is 16.2. The van der Waals surface area contributed by atoms with E-state index in [-0.39, 0.29) is 6.03 Å². The van der Waals surface area contributed by atoms with Crippen molar-refractivity contribution in [2.75, 3.05) is 5.32 Å². The molecule has 0 aliphatic heterocycles. The zero-order valence-corrected chi connectivity index (χ0v) is 12.0. The van der Waals surface area contributed by atoms with Gasteiger partial charge >= 0.3 is 6.03 Å². The second-order valence-electron chi connectivity index (χ2n) is 5.66. The predicted molar refractivity (Wildman–Crippen MR) is 79.6 cm³/mol. The summed E-state index contributed by atoms with van der Waals surface area (Å²) in [6, 6.07) is 6.37. The van der Waals surface area contributed by atoms with Crippen molar-refractivity contribution in [2.45, 2.75) is 58.4 Å². The normalized spacial score (nSPS) is 16.7. The van der Waals surface area contributed by atoms with Crippen LogP contribution >= 0.6 is 0 Å². The van der Waals surface area contributed by atoms with Crippen LogP contribution in [0.3, 0.4) is 0 Å². The first-order chi connectivity index (χ1) is 9.13. The van der Waals surface area contributed by atoms with Crippen LogP contribution in [-0.2, 0) is 0 Å². The first-order valence-corrected chi connectivity index (χ1v) is 7.29. The SMILES string of the molecule is Cc1cc(C)cc(NC(=O)NC2CCCCCC2)c1. The number of benzene rings is 1. The van der Waals surface area contributed by atoms with E-state index < -0.39 is 0 Å². The number of carbonyl (C=O) groups excluding carboxylic acids is 1. The Balaban J connectivity index is 1.89. The van der Waals surface area contributed by atoms with Crippen LogP contribution in [0.2, 0.25) is 0 Å². The van der Waals surface area contributed by atoms with Crippen LogP contribution < -0.4 is 10.6 Å². The second-order valence-corrected chi connectivity index (χ2v) is 5.66. The lowest BCUT2D eigenvalue weighted by Gasteiger charge is -2.17. The molecular formula is C16H24N2O. The van der Waals surface area contributed by atoms with Crippen molar-refractivity contribution in [3.05, 3.63) is 29.3 Å². The van der Waals surface area contributed by atoms with Crippen molar-refractivity contribution >= 4 is 11.7 Å². The van der Waals surface area contributed by atoms with Gasteiger partial charge in [-0.2, -0.15) is 0 Å². The maximum atomic E-state index is 12.0. The molecule has 1 aliphatic carbocycles. The van der Waals surface area contributed by atoms with Gasteiger partial charge in [-0.15, -0.1) is 0 Å². The minimum Gasteiger partial charge on any atom is -0.335 e. The van der Waals surface area contributed by atoms with Crippen molar-refractivity contribution in [2.24, 2.45) is 0 Å². The lowest BCUT2D eigenvalue weighted by atomic mass is 10.1. The van der Waals surface area contributed by atoms with Gasteiger partial charge in [-0.05, 0) is 49.9 Å². The fourth-order valence-corrected chi connectivity index (χ4v) is 2.82. The summed E-state index contributed by atoms with van der Waals surface area (Å²) in [4.78, 5) is 12.0. The molecule has 0 bridgehead atoms. The van der Waals surface area contributed by atoms with Crippen LogP contribution in [0.5, 0.6) is 0 Å². The molecule has 104 valence electrons. The second kappa shape index (κ2) is 6.60. The lowest BCUT2D eigenvalue weighted by molar-refractivity contribution is 0.247. The lowest BCUT2D eigenvalue weighted by Crippen LogP contribution is -2.37. The zero-order valence-electron chi connectivity index (χ0n) is 12.0. The van der Waals surface area contributed by atoms with E-state index in [0.29, 0.717) is 6.04 Å². The van der Waals surface area contributed by atoms with E-state index in [0.717, 1.165) is 18.5 Å². The summed E-state index contributed by atoms with van der Waals surface area (Å²) in [6.45, 7) is 4.09. The van der Waals surface area contributed by atoms with E-state index in [1.807, 2.05) is 26.0 Å². The van der Waals surface area contributed by atoms with Gasteiger partial charge in [0.25, 0.3) is 0 Å². The number of aryl methyl sites for hydroxylation is 2. The van der Waals surface area contributed by atoms with Crippen molar-refractivity contribution in [3.63, 3.8) is 0 Å². The number of hydrogen-bond acceptors (Lipinski definition) is 1. The monoisotopic (exact) mass is 260 g/mol. The Bertz CT molecular complexity index is 414. The molecular weight excluding hydrogens is 236 g/mol. The van der Waals surface area contributed by atoms with Gasteiger partial charge < -0.3 is 10.6 Å². The molecule has 2 amide bonds. The van der Waals surface area contributed by atoms with Crippen molar-refractivity contribution in [3.8, 4) is 0 Å². The van der Waals surface area contributed by atoms with Crippen LogP contribution in [-0.4, -0.2) is 12.1 Å². The Morgan fingerprint density at radius 1 is 1.00 bits per heavy atom. The smallest absolute Gasteiger partial charge is 0.319 e. The van der Waals surface area contributed by atoms with Crippen molar-refractivity contribution < 1.29 is 4.79 Å². The van der Waals surface area contributed by atoms with Gasteiger partial charge in [0.05, 0.1) is 0 Å². The topological polar surface area (TPSA) is 41.1 Å². The molecule has 1 fully saturated rings. The summed E-state index contributed by atoms with van der Waals surface area (Å²) in [5.74, 6) is 0. The van der Waals surface area contributed by atoms with Gasteiger partial charge in [-0.1, -0.05) is 31.7 Å². The number of hydrogen-bond donors (Lipinski definition) is 2. The van der Waals surface area contributed by atoms with E-state index in [1.54, 1.807) is 0 Å². The molecule has 2 N–H and O–H groups in total. The maximum absolute atomic E-state index is 12.0. The van der Waals surface area contributed by atoms with E-state index in [9.17, 15) is 4.79 Å². The molecule has 1 aliphatic rings. The average Bonchev–Trinajstić information content (AvgIpc) is 2.55. The summed E-state index contributed by atoms with van der Waals surface area (Å²) in [7, 11) is 0. The maximum Gasteiger partial charge on any atom is 0.319 e. The fraction of sp³-hybridized carbons (Fsp3) is 0.562. The number of anilines is 1. The highest BCUT2D eigenvalue weighted by molar-refractivity contribution is 5.89. The summed E-state index contributed by atoms with van der Waals surface area (Å²) in [5, 5.41) is 6.04. The summed E-state index contributed by atoms with van der Waals surface area (Å²) in [6.07, 6.45) is 7.29. The third-order valence-corrected chi connectivity index (χ3v) is 3.67. The molecule has 1 aromatic rings. The molecule has 3 nitrogen and oxygen atoms in total. The summed E-state index contributed by atoms with van der Waals surface area (Å²) < 4.78 is 0. The average molecular weight is 260 g/mol. The number of carbonyl (C=O) groups is 1. The summed E-state index contributed by atoms with van der Waals surface area (Å²) >= 11 is 0. The van der Waals surface area contributed by atoms with Crippen LogP contribution in [0.15, 0.2) is 18.2 Å². The molecule has 3 heteroatoms. The van der Waals surface area contributed by atoms with Crippen molar-refractivity contribution in [1.82, 2.24) is 5.32 Å². The molecule has 0 radical (unpaired) electrons. The van der Waals surface area contributed by atoms with Crippen LogP contribution in [0.4, 0.5) is 10.5 Å². The van der Waals surface area contributed by atoms with Gasteiger partial charge in [0.15, 0.2) is 0 Å². The van der Waals surface area contributed by atoms with E-state index in [4.69, 9.17) is 0 Å². The van der Waals surface area contributed by atoms with Gasteiger partial charge in [0, 0.05) is 11.7 Å². The highest BCUT2D eigenvalue weighted by Gasteiger charge is 2.14. The molecule has 1 saturated carbocycles. The molecule has 0 aromatic heterocycles. The van der Waals surface area contributed by atoms with E-state index >= 15 is 0 Å². The fourth-order valence-electron chi connectivity index (χ4n) is 2.82. The first-order valence-electron chi connectivity index (χ1n) is 7.29. The third-order valence-electron chi connectivity index (χ3n) is 3.67. The quantitative estimate of drug-likeness (QED) is 0.771. The number of urea groups is 1. The molecule has 0 heterocycles. The molecule has 19 heavy (non-hydrogen) atoms. The van der Waals surface area contributed by atoms with Gasteiger partial charge in [-0.3, -0.25) is 0 Å². The third kappa shape index (κ3) is 4.58. The Hall–Kier alpha value is -1.51. The highest BCUT2D eigenvalue weighted by Crippen LogP contribution is 2.18. The summed E-state index contributed by atoms with van der Waals surface area (Å²) in [5.41, 5.74) is 3.22. The van der Waals surface area contributed by atoms with Crippen molar-refractivity contribution in [1.29, 1.82) is 0 Å². The standard InChI is InChI=1S/C16H24N2O/c1-12-9-13(2)11-15(10-12)18-16(19)17-14-7-5-3-4-6-8-14/h9-11,14H,3-8H2,1-2H3,(H2,17,18,19). The Morgan fingerprint density at radius 2 is 1.58 bits per heavy atom. The Kier molecular flexibility index (Phi) is 4.83. The van der Waals surface area contributed by atoms with Crippen LogP contribution in [0.25, 0.3) is 0 Å². The molecule has 0 saturated heterocycles. The molecule has 0 atom stereocenters. The van der Waals surface area contributed by atoms with Gasteiger partial charge in [-0.25, -0.2) is 4.79 Å². The van der Waals surface area contributed by atoms with Crippen LogP contribution in [0.1, 0.15) is 49.7 Å². The molecule has 2 rings (SSSR count). The first kappa shape index (κ1) is 13.9. The predicted octanol–water partition coefficient (Wildman–Crippen LogP) is 4.15. The van der Waals surface area contributed by atoms with E-state index in [2.05, 4.69) is 16.7 Å². The van der Waals surface area contributed by atoms with Crippen LogP contribution in [0, 0.1) is 13.8 Å². The van der Waals surface area contributed by atoms with Gasteiger partial charge in [0.2, 0.25) is 0 Å². The minimum atomic E-state index is -0.0723. The number of amides is 2. The van der Waals surface area contributed by atoms with Gasteiger partial charge in [0.1, 0.15) is 0 Å². The Labute approximate surface area is 115 Å². The molecule has 0 unspecified atom stereocenters. The zero-order chi connectivity index (χ0) is 13.7. The molecule has 0 spiro atoms. The minimum absolute atomic E-state index is 0.0723. The largest absolute Gasteiger partial charge is 0.335 e. The number of nitrogens with one attached hydrogen (secondary N) is 2. The number of rotatable bonds is 2. The Morgan fingerprint density at radius 3 is 2.16 bits per heavy atom. The van der Waals surface area contributed by atoms with E-state index in [1.165, 1.54) is 36.8 Å². The molecule has 1 aromatic carbocycles.